The molecule has 2 aromatic rings. The molecule has 0 spiro atoms. The largest absolute Gasteiger partial charge is 0.392 e. The van der Waals surface area contributed by atoms with Crippen molar-refractivity contribution in [2.75, 3.05) is 0 Å². The van der Waals surface area contributed by atoms with E-state index in [4.69, 9.17) is 5.11 Å². The molecule has 0 fully saturated rings. The average molecular weight is 216 g/mol. The van der Waals surface area contributed by atoms with Crippen LogP contribution in [-0.2, 0) is 6.61 Å². The molecule has 0 aliphatic carbocycles. The standard InChI is InChI=1S/C14H13FO/c1-10-6-7-11(9-16)8-13(10)12-4-2-3-5-14(12)15/h2-8,16H,9H2,1H3. The number of rotatable bonds is 2. The van der Waals surface area contributed by atoms with E-state index >= 15 is 0 Å². The van der Waals surface area contributed by atoms with E-state index in [1.54, 1.807) is 12.1 Å². The topological polar surface area (TPSA) is 20.2 Å². The molecule has 16 heavy (non-hydrogen) atoms. The van der Waals surface area contributed by atoms with Crippen molar-refractivity contribution in [2.24, 2.45) is 0 Å². The molecule has 0 bridgehead atoms. The van der Waals surface area contributed by atoms with Crippen molar-refractivity contribution < 1.29 is 9.50 Å². The molecule has 0 saturated carbocycles. The summed E-state index contributed by atoms with van der Waals surface area (Å²) in [5.74, 6) is -0.235. The van der Waals surface area contributed by atoms with Gasteiger partial charge < -0.3 is 5.11 Å². The second-order valence-corrected chi connectivity index (χ2v) is 3.79. The van der Waals surface area contributed by atoms with Crippen LogP contribution in [0.15, 0.2) is 42.5 Å². The maximum Gasteiger partial charge on any atom is 0.131 e. The van der Waals surface area contributed by atoms with E-state index in [9.17, 15) is 4.39 Å². The molecule has 0 radical (unpaired) electrons. The first-order valence-electron chi connectivity index (χ1n) is 5.17. The second-order valence-electron chi connectivity index (χ2n) is 3.79. The molecule has 2 aromatic carbocycles. The SMILES string of the molecule is Cc1ccc(CO)cc1-c1ccccc1F. The summed E-state index contributed by atoms with van der Waals surface area (Å²) in [5.41, 5.74) is 3.21. The first kappa shape index (κ1) is 10.8. The quantitative estimate of drug-likeness (QED) is 0.816. The van der Waals surface area contributed by atoms with Crippen LogP contribution in [0.4, 0.5) is 4.39 Å². The maximum atomic E-state index is 13.6. The van der Waals surface area contributed by atoms with Crippen molar-refractivity contribution >= 4 is 0 Å². The highest BCUT2D eigenvalue weighted by Gasteiger charge is 2.07. The first-order chi connectivity index (χ1) is 7.72. The van der Waals surface area contributed by atoms with Crippen LogP contribution in [-0.4, -0.2) is 5.11 Å². The van der Waals surface area contributed by atoms with E-state index < -0.39 is 0 Å². The van der Waals surface area contributed by atoms with Crippen LogP contribution in [0.2, 0.25) is 0 Å². The predicted molar refractivity (Wildman–Crippen MR) is 62.5 cm³/mol. The lowest BCUT2D eigenvalue weighted by molar-refractivity contribution is 0.282. The van der Waals surface area contributed by atoms with Gasteiger partial charge in [-0.1, -0.05) is 30.3 Å². The zero-order valence-electron chi connectivity index (χ0n) is 9.07. The van der Waals surface area contributed by atoms with Crippen molar-refractivity contribution in [1.29, 1.82) is 0 Å². The zero-order chi connectivity index (χ0) is 11.5. The minimum Gasteiger partial charge on any atom is -0.392 e. The highest BCUT2D eigenvalue weighted by atomic mass is 19.1. The summed E-state index contributed by atoms with van der Waals surface area (Å²) >= 11 is 0. The molecule has 0 aliphatic rings. The number of halogens is 1. The van der Waals surface area contributed by atoms with Gasteiger partial charge >= 0.3 is 0 Å². The minimum absolute atomic E-state index is 0.0261. The Morgan fingerprint density at radius 3 is 2.50 bits per heavy atom. The van der Waals surface area contributed by atoms with Gasteiger partial charge in [0.2, 0.25) is 0 Å². The Morgan fingerprint density at radius 1 is 1.06 bits per heavy atom. The summed E-state index contributed by atoms with van der Waals surface area (Å²) in [5, 5.41) is 9.08. The van der Waals surface area contributed by atoms with E-state index in [2.05, 4.69) is 0 Å². The Labute approximate surface area is 94.2 Å². The molecular weight excluding hydrogens is 203 g/mol. The Balaban J connectivity index is 2.59. The van der Waals surface area contributed by atoms with Crippen LogP contribution >= 0.6 is 0 Å². The molecule has 2 heteroatoms. The summed E-state index contributed by atoms with van der Waals surface area (Å²) in [6, 6.07) is 12.2. The summed E-state index contributed by atoms with van der Waals surface area (Å²) < 4.78 is 13.6. The molecular formula is C14H13FO. The van der Waals surface area contributed by atoms with Crippen LogP contribution in [0.5, 0.6) is 0 Å². The average Bonchev–Trinajstić information content (AvgIpc) is 2.31. The van der Waals surface area contributed by atoms with E-state index in [0.717, 1.165) is 16.7 Å². The van der Waals surface area contributed by atoms with Gasteiger partial charge in [0.25, 0.3) is 0 Å². The molecule has 0 saturated heterocycles. The highest BCUT2D eigenvalue weighted by Crippen LogP contribution is 2.26. The van der Waals surface area contributed by atoms with Gasteiger partial charge in [0.1, 0.15) is 5.82 Å². The fraction of sp³-hybridized carbons (Fsp3) is 0.143. The minimum atomic E-state index is -0.235. The number of hydrogen-bond acceptors (Lipinski definition) is 1. The van der Waals surface area contributed by atoms with Crippen molar-refractivity contribution in [2.45, 2.75) is 13.5 Å². The van der Waals surface area contributed by atoms with Crippen LogP contribution in [0.1, 0.15) is 11.1 Å². The van der Waals surface area contributed by atoms with Gasteiger partial charge in [-0.05, 0) is 35.7 Å². The molecule has 1 N–H and O–H groups in total. The molecule has 0 amide bonds. The number of aliphatic hydroxyl groups excluding tert-OH is 1. The van der Waals surface area contributed by atoms with Gasteiger partial charge in [0, 0.05) is 5.56 Å². The Kier molecular flexibility index (Phi) is 3.02. The summed E-state index contributed by atoms with van der Waals surface area (Å²) in [7, 11) is 0. The maximum absolute atomic E-state index is 13.6. The Hall–Kier alpha value is -1.67. The van der Waals surface area contributed by atoms with Crippen molar-refractivity contribution in [3.05, 3.63) is 59.4 Å². The first-order valence-corrected chi connectivity index (χ1v) is 5.17. The second kappa shape index (κ2) is 4.45. The number of aryl methyl sites for hydroxylation is 1. The summed E-state index contributed by atoms with van der Waals surface area (Å²) in [6.45, 7) is 1.91. The molecule has 2 rings (SSSR count). The van der Waals surface area contributed by atoms with Crippen LogP contribution in [0.25, 0.3) is 11.1 Å². The lowest BCUT2D eigenvalue weighted by atomic mass is 9.98. The molecule has 0 aliphatic heterocycles. The molecule has 1 nitrogen and oxygen atoms in total. The van der Waals surface area contributed by atoms with Gasteiger partial charge in [-0.3, -0.25) is 0 Å². The van der Waals surface area contributed by atoms with Crippen molar-refractivity contribution in [3.8, 4) is 11.1 Å². The van der Waals surface area contributed by atoms with Crippen LogP contribution in [0, 0.1) is 12.7 Å². The number of benzene rings is 2. The third-order valence-electron chi connectivity index (χ3n) is 2.65. The van der Waals surface area contributed by atoms with Crippen molar-refractivity contribution in [1.82, 2.24) is 0 Å². The fourth-order valence-electron chi connectivity index (χ4n) is 1.74. The van der Waals surface area contributed by atoms with Crippen LogP contribution < -0.4 is 0 Å². The van der Waals surface area contributed by atoms with E-state index in [-0.39, 0.29) is 12.4 Å². The summed E-state index contributed by atoms with van der Waals surface area (Å²) in [4.78, 5) is 0. The van der Waals surface area contributed by atoms with E-state index in [1.165, 1.54) is 6.07 Å². The summed E-state index contributed by atoms with van der Waals surface area (Å²) in [6.07, 6.45) is 0. The van der Waals surface area contributed by atoms with Gasteiger partial charge in [-0.15, -0.1) is 0 Å². The molecule has 82 valence electrons. The molecule has 0 aromatic heterocycles. The van der Waals surface area contributed by atoms with Crippen molar-refractivity contribution in [3.63, 3.8) is 0 Å². The van der Waals surface area contributed by atoms with Gasteiger partial charge in [-0.25, -0.2) is 4.39 Å². The molecule has 0 unspecified atom stereocenters. The van der Waals surface area contributed by atoms with Gasteiger partial charge in [0.05, 0.1) is 6.61 Å². The van der Waals surface area contributed by atoms with Crippen LogP contribution in [0.3, 0.4) is 0 Å². The molecule has 0 heterocycles. The fourth-order valence-corrected chi connectivity index (χ4v) is 1.74. The highest BCUT2D eigenvalue weighted by molar-refractivity contribution is 5.68. The normalized spacial score (nSPS) is 10.4. The van der Waals surface area contributed by atoms with E-state index in [1.807, 2.05) is 31.2 Å². The third-order valence-corrected chi connectivity index (χ3v) is 2.65. The smallest absolute Gasteiger partial charge is 0.131 e. The number of hydrogen-bond donors (Lipinski definition) is 1. The monoisotopic (exact) mass is 216 g/mol. The third kappa shape index (κ3) is 1.97. The van der Waals surface area contributed by atoms with Gasteiger partial charge in [0.15, 0.2) is 0 Å². The Morgan fingerprint density at radius 2 is 1.81 bits per heavy atom. The lowest BCUT2D eigenvalue weighted by Crippen LogP contribution is -1.90. The zero-order valence-corrected chi connectivity index (χ0v) is 9.07. The van der Waals surface area contributed by atoms with E-state index in [0.29, 0.717) is 5.56 Å². The Bertz CT molecular complexity index is 506. The predicted octanol–water partition coefficient (Wildman–Crippen LogP) is 3.29. The molecule has 0 atom stereocenters. The lowest BCUT2D eigenvalue weighted by Gasteiger charge is -2.08. The van der Waals surface area contributed by atoms with Gasteiger partial charge in [-0.2, -0.15) is 0 Å². The number of aliphatic hydroxyl groups is 1.